The minimum absolute atomic E-state index is 0.0961. The van der Waals surface area contributed by atoms with E-state index in [1.807, 2.05) is 0 Å². The molecular weight excluding hydrogens is 374 g/mol. The molecule has 0 aliphatic heterocycles. The Bertz CT molecular complexity index is 783. The highest BCUT2D eigenvalue weighted by atomic mass is 79.9. The highest BCUT2D eigenvalue weighted by Gasteiger charge is 2.13. The minimum atomic E-state index is -0.370. The number of hydrogen-bond donors (Lipinski definition) is 0. The first-order chi connectivity index (χ1) is 11.6. The van der Waals surface area contributed by atoms with Crippen LogP contribution in [0, 0.1) is 11.3 Å². The van der Waals surface area contributed by atoms with E-state index in [-0.39, 0.29) is 19.0 Å². The van der Waals surface area contributed by atoms with E-state index in [0.29, 0.717) is 17.1 Å². The van der Waals surface area contributed by atoms with E-state index in [1.165, 1.54) is 7.11 Å². The van der Waals surface area contributed by atoms with Gasteiger partial charge in [0.15, 0.2) is 11.5 Å². The summed E-state index contributed by atoms with van der Waals surface area (Å²) in [6.45, 7) is 0.124. The van der Waals surface area contributed by atoms with Gasteiger partial charge in [0, 0.05) is 4.47 Å². The third kappa shape index (κ3) is 4.49. The maximum atomic E-state index is 12.1. The van der Waals surface area contributed by atoms with Gasteiger partial charge in [0.05, 0.1) is 32.3 Å². The van der Waals surface area contributed by atoms with E-state index < -0.39 is 0 Å². The first-order valence-corrected chi connectivity index (χ1v) is 7.91. The Morgan fingerprint density at radius 1 is 1.17 bits per heavy atom. The van der Waals surface area contributed by atoms with E-state index in [2.05, 4.69) is 22.0 Å². The van der Waals surface area contributed by atoms with Crippen LogP contribution in [0.4, 0.5) is 0 Å². The molecule has 0 saturated carbocycles. The highest BCUT2D eigenvalue weighted by molar-refractivity contribution is 9.10. The summed E-state index contributed by atoms with van der Waals surface area (Å²) < 4.78 is 16.5. The maximum absolute atomic E-state index is 12.1. The summed E-state index contributed by atoms with van der Waals surface area (Å²) in [5, 5.41) is 8.87. The van der Waals surface area contributed by atoms with Crippen molar-refractivity contribution < 1.29 is 19.0 Å². The Balaban J connectivity index is 2.03. The van der Waals surface area contributed by atoms with Crippen LogP contribution in [0.3, 0.4) is 0 Å². The van der Waals surface area contributed by atoms with Gasteiger partial charge in [-0.25, -0.2) is 0 Å². The van der Waals surface area contributed by atoms with Crippen LogP contribution in [0.5, 0.6) is 11.5 Å². The molecule has 24 heavy (non-hydrogen) atoms. The number of methoxy groups -OCH3 is 2. The number of esters is 1. The molecule has 0 spiro atoms. The molecule has 0 aromatic heterocycles. The van der Waals surface area contributed by atoms with Crippen molar-refractivity contribution in [3.63, 3.8) is 0 Å². The van der Waals surface area contributed by atoms with Crippen LogP contribution < -0.4 is 9.47 Å². The van der Waals surface area contributed by atoms with Crippen molar-refractivity contribution in [2.45, 2.75) is 13.0 Å². The van der Waals surface area contributed by atoms with E-state index in [0.717, 1.165) is 15.6 Å². The number of hydrogen-bond acceptors (Lipinski definition) is 5. The Morgan fingerprint density at radius 2 is 1.88 bits per heavy atom. The summed E-state index contributed by atoms with van der Waals surface area (Å²) >= 11 is 3.42. The van der Waals surface area contributed by atoms with Gasteiger partial charge >= 0.3 is 5.97 Å². The smallest absolute Gasteiger partial charge is 0.310 e. The van der Waals surface area contributed by atoms with Crippen molar-refractivity contribution in [1.29, 1.82) is 5.26 Å². The summed E-state index contributed by atoms with van der Waals surface area (Å²) in [6, 6.07) is 12.5. The largest absolute Gasteiger partial charge is 0.493 e. The Kier molecular flexibility index (Phi) is 6.21. The van der Waals surface area contributed by atoms with E-state index in [9.17, 15) is 4.79 Å². The molecule has 6 heteroatoms. The second-order valence-electron chi connectivity index (χ2n) is 4.95. The molecule has 0 radical (unpaired) electrons. The molecule has 2 aromatic carbocycles. The van der Waals surface area contributed by atoms with Crippen LogP contribution in [0.15, 0.2) is 40.9 Å². The van der Waals surface area contributed by atoms with Gasteiger partial charge in [-0.3, -0.25) is 4.79 Å². The van der Waals surface area contributed by atoms with Gasteiger partial charge in [0.1, 0.15) is 6.61 Å². The Hall–Kier alpha value is -2.52. The van der Waals surface area contributed by atoms with Gasteiger partial charge in [-0.15, -0.1) is 0 Å². The fraction of sp³-hybridized carbons (Fsp3) is 0.222. The predicted molar refractivity (Wildman–Crippen MR) is 91.9 cm³/mol. The van der Waals surface area contributed by atoms with E-state index >= 15 is 0 Å². The van der Waals surface area contributed by atoms with Crippen molar-refractivity contribution in [2.75, 3.05) is 14.2 Å². The molecule has 0 atom stereocenters. The van der Waals surface area contributed by atoms with Crippen molar-refractivity contribution in [3.05, 3.63) is 57.6 Å². The second-order valence-corrected chi connectivity index (χ2v) is 5.80. The average molecular weight is 390 g/mol. The zero-order chi connectivity index (χ0) is 17.5. The molecule has 0 heterocycles. The molecule has 0 unspecified atom stereocenters. The number of halogens is 1. The fourth-order valence-electron chi connectivity index (χ4n) is 2.13. The van der Waals surface area contributed by atoms with Crippen LogP contribution >= 0.6 is 15.9 Å². The number of nitrogens with zero attached hydrogens (tertiary/aromatic N) is 1. The van der Waals surface area contributed by atoms with Crippen LogP contribution in [0.2, 0.25) is 0 Å². The van der Waals surface area contributed by atoms with Crippen LogP contribution in [0.25, 0.3) is 0 Å². The third-order valence-electron chi connectivity index (χ3n) is 3.34. The predicted octanol–water partition coefficient (Wildman–Crippen LogP) is 3.62. The zero-order valence-electron chi connectivity index (χ0n) is 13.3. The number of rotatable bonds is 6. The number of nitriles is 1. The molecule has 2 rings (SSSR count). The molecule has 0 bridgehead atoms. The van der Waals surface area contributed by atoms with Gasteiger partial charge in [0.2, 0.25) is 0 Å². The molecule has 0 fully saturated rings. The molecular formula is C18H16BrNO4. The molecule has 124 valence electrons. The number of benzene rings is 2. The van der Waals surface area contributed by atoms with Gasteiger partial charge in [-0.1, -0.05) is 28.1 Å². The molecule has 2 aromatic rings. The van der Waals surface area contributed by atoms with Crippen LogP contribution in [0.1, 0.15) is 16.7 Å². The average Bonchev–Trinajstić information content (AvgIpc) is 2.61. The maximum Gasteiger partial charge on any atom is 0.310 e. The first-order valence-electron chi connectivity index (χ1n) is 7.12. The normalized spacial score (nSPS) is 9.92. The third-order valence-corrected chi connectivity index (χ3v) is 4.08. The fourth-order valence-corrected chi connectivity index (χ4v) is 2.60. The number of ether oxygens (including phenoxy) is 3. The lowest BCUT2D eigenvalue weighted by Gasteiger charge is -2.12. The SMILES string of the molecule is COc1cc(Br)c(CC(=O)OCc2cccc(C#N)c2)cc1OC. The monoisotopic (exact) mass is 389 g/mol. The first kappa shape index (κ1) is 17.8. The van der Waals surface area contributed by atoms with Gasteiger partial charge in [-0.05, 0) is 35.4 Å². The molecule has 0 N–H and O–H groups in total. The molecule has 0 aliphatic rings. The Labute approximate surface area is 148 Å². The van der Waals surface area contributed by atoms with Crippen molar-refractivity contribution in [1.82, 2.24) is 0 Å². The number of carbonyl (C=O) groups excluding carboxylic acids is 1. The summed E-state index contributed by atoms with van der Waals surface area (Å²) in [6.07, 6.45) is 0.0961. The highest BCUT2D eigenvalue weighted by Crippen LogP contribution is 2.33. The van der Waals surface area contributed by atoms with Crippen molar-refractivity contribution in [3.8, 4) is 17.6 Å². The zero-order valence-corrected chi connectivity index (χ0v) is 14.9. The lowest BCUT2D eigenvalue weighted by atomic mass is 10.1. The molecule has 0 saturated heterocycles. The molecule has 0 amide bonds. The summed E-state index contributed by atoms with van der Waals surface area (Å²) in [4.78, 5) is 12.1. The van der Waals surface area contributed by atoms with E-state index in [1.54, 1.807) is 43.5 Å². The summed E-state index contributed by atoms with van der Waals surface area (Å²) in [7, 11) is 3.09. The van der Waals surface area contributed by atoms with Gasteiger partial charge in [0.25, 0.3) is 0 Å². The van der Waals surface area contributed by atoms with Crippen molar-refractivity contribution in [2.24, 2.45) is 0 Å². The summed E-state index contributed by atoms with van der Waals surface area (Å²) in [5.74, 6) is 0.755. The molecule has 5 nitrogen and oxygen atoms in total. The standard InChI is InChI=1S/C18H16BrNO4/c1-22-16-7-14(15(19)9-17(16)23-2)8-18(21)24-11-13-5-3-4-12(6-13)10-20/h3-7,9H,8,11H2,1-2H3. The number of carbonyl (C=O) groups is 1. The van der Waals surface area contributed by atoms with Crippen LogP contribution in [-0.4, -0.2) is 20.2 Å². The topological polar surface area (TPSA) is 68.5 Å². The lowest BCUT2D eigenvalue weighted by Crippen LogP contribution is -2.09. The van der Waals surface area contributed by atoms with Gasteiger partial charge in [-0.2, -0.15) is 5.26 Å². The quantitative estimate of drug-likeness (QED) is 0.705. The molecule has 0 aliphatic carbocycles. The van der Waals surface area contributed by atoms with Gasteiger partial charge < -0.3 is 14.2 Å². The van der Waals surface area contributed by atoms with E-state index in [4.69, 9.17) is 19.5 Å². The second kappa shape index (κ2) is 8.37. The Morgan fingerprint density at radius 3 is 2.54 bits per heavy atom. The van der Waals surface area contributed by atoms with Crippen molar-refractivity contribution >= 4 is 21.9 Å². The summed E-state index contributed by atoms with van der Waals surface area (Å²) in [5.41, 5.74) is 2.04. The lowest BCUT2D eigenvalue weighted by molar-refractivity contribution is -0.144. The van der Waals surface area contributed by atoms with Crippen LogP contribution in [-0.2, 0) is 22.6 Å². The minimum Gasteiger partial charge on any atom is -0.493 e.